The number of aromatic nitrogens is 3. The van der Waals surface area contributed by atoms with Gasteiger partial charge in [-0.3, -0.25) is 4.57 Å². The minimum Gasteiger partial charge on any atom is -0.423 e. The van der Waals surface area contributed by atoms with Crippen molar-refractivity contribution in [1.29, 1.82) is 0 Å². The molecule has 0 aliphatic rings. The molecule has 4 heterocycles. The lowest BCUT2D eigenvalue weighted by Gasteiger charge is -2.08. The third kappa shape index (κ3) is 3.62. The lowest BCUT2D eigenvalue weighted by molar-refractivity contribution is 0.574. The highest BCUT2D eigenvalue weighted by Gasteiger charge is 2.19. The average molecular weight is 632 g/mol. The Labute approximate surface area is 278 Å². The second kappa shape index (κ2) is 9.67. The van der Waals surface area contributed by atoms with Crippen LogP contribution in [0.5, 0.6) is 0 Å². The van der Waals surface area contributed by atoms with Crippen LogP contribution in [-0.2, 0) is 0 Å². The van der Waals surface area contributed by atoms with Gasteiger partial charge in [-0.25, -0.2) is 0 Å². The van der Waals surface area contributed by atoms with E-state index in [2.05, 4.69) is 137 Å². The maximum absolute atomic E-state index is 6.27. The summed E-state index contributed by atoms with van der Waals surface area (Å²) in [5.74, 6) is 0. The molecule has 4 nitrogen and oxygen atoms in total. The molecule has 0 amide bonds. The average Bonchev–Trinajstić information content (AvgIpc) is 3.89. The molecule has 0 aliphatic carbocycles. The van der Waals surface area contributed by atoms with Crippen molar-refractivity contribution in [2.24, 2.45) is 0 Å². The monoisotopic (exact) mass is 631 g/mol. The molecule has 0 radical (unpaired) electrons. The predicted molar refractivity (Wildman–Crippen MR) is 201 cm³/mol. The van der Waals surface area contributed by atoms with E-state index in [1.807, 2.05) is 35.6 Å². The van der Waals surface area contributed by atoms with Crippen LogP contribution in [-0.4, -0.2) is 14.1 Å². The van der Waals surface area contributed by atoms with E-state index < -0.39 is 0 Å². The normalized spacial score (nSPS) is 12.2. The van der Waals surface area contributed by atoms with Crippen LogP contribution in [0.15, 0.2) is 156 Å². The summed E-state index contributed by atoms with van der Waals surface area (Å²) in [6.07, 6.45) is 0. The molecule has 0 N–H and O–H groups in total. The molecule has 48 heavy (non-hydrogen) atoms. The number of benzene rings is 7. The van der Waals surface area contributed by atoms with Gasteiger partial charge in [0.15, 0.2) is 5.58 Å². The first-order valence-electron chi connectivity index (χ1n) is 16.1. The number of hydrogen-bond acceptors (Lipinski definition) is 3. The summed E-state index contributed by atoms with van der Waals surface area (Å²) in [4.78, 5) is 4.86. The summed E-state index contributed by atoms with van der Waals surface area (Å²) in [6, 6.07) is 54.9. The molecule has 7 aromatic carbocycles. The molecule has 0 fully saturated rings. The largest absolute Gasteiger partial charge is 0.423 e. The van der Waals surface area contributed by atoms with Crippen molar-refractivity contribution in [3.05, 3.63) is 152 Å². The van der Waals surface area contributed by atoms with Crippen LogP contribution in [0.4, 0.5) is 0 Å². The van der Waals surface area contributed by atoms with Crippen LogP contribution in [0.3, 0.4) is 0 Å². The SMILES string of the molecule is c1ccc(-n2c3ccc(-c4ccc5c(c4)c4ccccc4n5-c4nc5ccccc5o4)cc3c3cc4sc5ccccc5c4cc32)cc1. The first-order chi connectivity index (χ1) is 23.8. The molecule has 0 aliphatic heterocycles. The summed E-state index contributed by atoms with van der Waals surface area (Å²) >= 11 is 1.87. The van der Waals surface area contributed by atoms with Gasteiger partial charge in [0.25, 0.3) is 0 Å². The highest BCUT2D eigenvalue weighted by atomic mass is 32.1. The quantitative estimate of drug-likeness (QED) is 0.194. The zero-order valence-electron chi connectivity index (χ0n) is 25.6. The summed E-state index contributed by atoms with van der Waals surface area (Å²) in [5.41, 5.74) is 9.73. The van der Waals surface area contributed by atoms with Crippen molar-refractivity contribution in [3.8, 4) is 22.8 Å². The Bertz CT molecular complexity index is 3030. The fourth-order valence-electron chi connectivity index (χ4n) is 7.59. The molecule has 0 spiro atoms. The van der Waals surface area contributed by atoms with Gasteiger partial charge in [0.2, 0.25) is 0 Å². The second-order valence-corrected chi connectivity index (χ2v) is 13.5. The first kappa shape index (κ1) is 26.0. The zero-order chi connectivity index (χ0) is 31.3. The zero-order valence-corrected chi connectivity index (χ0v) is 26.4. The van der Waals surface area contributed by atoms with Gasteiger partial charge in [-0.05, 0) is 83.9 Å². The van der Waals surface area contributed by atoms with Crippen LogP contribution in [0.25, 0.3) is 97.7 Å². The van der Waals surface area contributed by atoms with Crippen molar-refractivity contribution in [1.82, 2.24) is 14.1 Å². The Morgan fingerprint density at radius 1 is 0.438 bits per heavy atom. The molecule has 4 aromatic heterocycles. The number of fused-ring (bicyclic) bond motifs is 10. The molecule has 0 saturated carbocycles. The van der Waals surface area contributed by atoms with Crippen molar-refractivity contribution in [2.45, 2.75) is 0 Å². The van der Waals surface area contributed by atoms with Gasteiger partial charge < -0.3 is 8.98 Å². The Hall–Kier alpha value is -6.17. The number of thiophene rings is 1. The van der Waals surface area contributed by atoms with Crippen LogP contribution >= 0.6 is 11.3 Å². The van der Waals surface area contributed by atoms with Crippen LogP contribution in [0.1, 0.15) is 0 Å². The van der Waals surface area contributed by atoms with E-state index in [1.165, 1.54) is 63.9 Å². The highest BCUT2D eigenvalue weighted by Crippen LogP contribution is 2.42. The van der Waals surface area contributed by atoms with Gasteiger partial charge >= 0.3 is 6.01 Å². The Morgan fingerprint density at radius 2 is 1.08 bits per heavy atom. The third-order valence-electron chi connectivity index (χ3n) is 9.76. The van der Waals surface area contributed by atoms with Gasteiger partial charge in [-0.1, -0.05) is 78.9 Å². The maximum atomic E-state index is 6.27. The topological polar surface area (TPSA) is 35.9 Å². The first-order valence-corrected chi connectivity index (χ1v) is 16.9. The van der Waals surface area contributed by atoms with Gasteiger partial charge in [0.05, 0.1) is 22.1 Å². The number of rotatable bonds is 3. The molecule has 224 valence electrons. The summed E-state index contributed by atoms with van der Waals surface area (Å²) in [6.45, 7) is 0. The molecule has 0 unspecified atom stereocenters. The van der Waals surface area contributed by atoms with Crippen LogP contribution < -0.4 is 0 Å². The lowest BCUT2D eigenvalue weighted by atomic mass is 10.0. The van der Waals surface area contributed by atoms with E-state index >= 15 is 0 Å². The van der Waals surface area contributed by atoms with E-state index in [4.69, 9.17) is 9.40 Å². The fraction of sp³-hybridized carbons (Fsp3) is 0. The fourth-order valence-corrected chi connectivity index (χ4v) is 8.71. The van der Waals surface area contributed by atoms with Crippen molar-refractivity contribution >= 4 is 86.2 Å². The minimum absolute atomic E-state index is 0.581. The predicted octanol–water partition coefficient (Wildman–Crippen LogP) is 12.1. The molecule has 0 saturated heterocycles. The van der Waals surface area contributed by atoms with Gasteiger partial charge in [-0.15, -0.1) is 11.3 Å². The number of para-hydroxylation sites is 4. The van der Waals surface area contributed by atoms with Crippen LogP contribution in [0.2, 0.25) is 0 Å². The molecule has 11 rings (SSSR count). The highest BCUT2D eigenvalue weighted by molar-refractivity contribution is 7.25. The van der Waals surface area contributed by atoms with Gasteiger partial charge in [0, 0.05) is 47.4 Å². The molecule has 0 bridgehead atoms. The number of nitrogens with zero attached hydrogens (tertiary/aromatic N) is 3. The van der Waals surface area contributed by atoms with E-state index in [0.717, 1.165) is 27.8 Å². The maximum Gasteiger partial charge on any atom is 0.307 e. The van der Waals surface area contributed by atoms with Crippen LogP contribution in [0, 0.1) is 0 Å². The summed E-state index contributed by atoms with van der Waals surface area (Å²) in [7, 11) is 0. The molecular weight excluding hydrogens is 607 g/mol. The van der Waals surface area contributed by atoms with Crippen molar-refractivity contribution in [3.63, 3.8) is 0 Å². The molecule has 0 atom stereocenters. The minimum atomic E-state index is 0.581. The lowest BCUT2D eigenvalue weighted by Crippen LogP contribution is -1.93. The van der Waals surface area contributed by atoms with E-state index in [-0.39, 0.29) is 0 Å². The molecular formula is C43H25N3OS. The summed E-state index contributed by atoms with van der Waals surface area (Å²) < 4.78 is 13.5. The van der Waals surface area contributed by atoms with Gasteiger partial charge in [-0.2, -0.15) is 4.98 Å². The number of oxazole rings is 1. The van der Waals surface area contributed by atoms with E-state index in [1.54, 1.807) is 0 Å². The molecule has 11 aromatic rings. The Morgan fingerprint density at radius 3 is 1.92 bits per heavy atom. The standard InChI is InChI=1S/C43H25N3OS/c1-2-10-28(11-3-1)45-37-20-18-27(23-32(37)33-25-42-34(24-39(33)45)30-13-5-9-17-41(30)48-42)26-19-21-38-31(22-26)29-12-4-7-15-36(29)46(38)43-44-35-14-6-8-16-40(35)47-43/h1-25H. The Kier molecular flexibility index (Phi) is 5.23. The second-order valence-electron chi connectivity index (χ2n) is 12.4. The van der Waals surface area contributed by atoms with Crippen molar-refractivity contribution in [2.75, 3.05) is 0 Å². The number of hydrogen-bond donors (Lipinski definition) is 0. The molecule has 5 heteroatoms. The smallest absolute Gasteiger partial charge is 0.307 e. The summed E-state index contributed by atoms with van der Waals surface area (Å²) in [5, 5.41) is 7.48. The third-order valence-corrected chi connectivity index (χ3v) is 10.9. The van der Waals surface area contributed by atoms with Crippen molar-refractivity contribution < 1.29 is 4.42 Å². The Balaban J connectivity index is 1.15. The van der Waals surface area contributed by atoms with E-state index in [0.29, 0.717) is 6.01 Å². The van der Waals surface area contributed by atoms with Gasteiger partial charge in [0.1, 0.15) is 5.52 Å². The van der Waals surface area contributed by atoms with E-state index in [9.17, 15) is 0 Å².